The number of carbonyl (C=O) groups is 1. The van der Waals surface area contributed by atoms with Crippen LogP contribution in [0.2, 0.25) is 0 Å². The lowest BCUT2D eigenvalue weighted by Gasteiger charge is -2.58. The molecule has 0 aromatic heterocycles. The molecule has 0 unspecified atom stereocenters. The molecule has 1 aromatic rings. The molecule has 0 radical (unpaired) electrons. The molecule has 2 aliphatic carbocycles. The van der Waals surface area contributed by atoms with Crippen LogP contribution in [0.5, 0.6) is 5.75 Å². The molecule has 2 fully saturated rings. The maximum atomic E-state index is 12.7. The van der Waals surface area contributed by atoms with Gasteiger partial charge in [-0.15, -0.1) is 0 Å². The van der Waals surface area contributed by atoms with Crippen LogP contribution in [-0.2, 0) is 4.79 Å². The average molecular weight is 380 g/mol. The molecule has 1 N–H and O–H groups in total. The van der Waals surface area contributed by atoms with Gasteiger partial charge >= 0.3 is 0 Å². The van der Waals surface area contributed by atoms with E-state index in [4.69, 9.17) is 4.74 Å². The molecule has 3 heteroatoms. The lowest BCUT2D eigenvalue weighted by atomic mass is 9.47. The molecule has 1 heterocycles. The number of benzene rings is 1. The number of rotatable bonds is 3. The Morgan fingerprint density at radius 3 is 2.82 bits per heavy atom. The van der Waals surface area contributed by atoms with E-state index in [1.807, 2.05) is 18.2 Å². The Hall–Kier alpha value is -2.03. The van der Waals surface area contributed by atoms with E-state index < -0.39 is 0 Å². The summed E-state index contributed by atoms with van der Waals surface area (Å²) in [6.07, 6.45) is 9.31. The van der Waals surface area contributed by atoms with E-state index in [1.165, 1.54) is 31.3 Å². The largest absolute Gasteiger partial charge is 0.495 e. The van der Waals surface area contributed by atoms with Crippen molar-refractivity contribution in [3.05, 3.63) is 42.0 Å². The highest BCUT2D eigenvalue weighted by molar-refractivity contribution is 6.32. The topological polar surface area (TPSA) is 38.3 Å². The fourth-order valence-electron chi connectivity index (χ4n) is 6.51. The summed E-state index contributed by atoms with van der Waals surface area (Å²) in [5, 5.41) is 2.99. The monoisotopic (exact) mass is 379 g/mol. The normalized spacial score (nSPS) is 32.6. The number of nitrogens with one attached hydrogen (secondary N) is 1. The van der Waals surface area contributed by atoms with Crippen LogP contribution >= 0.6 is 0 Å². The predicted octanol–water partition coefficient (Wildman–Crippen LogP) is 6.22. The summed E-state index contributed by atoms with van der Waals surface area (Å²) in [7, 11) is 1.64. The van der Waals surface area contributed by atoms with Crippen molar-refractivity contribution in [2.45, 2.75) is 59.3 Å². The van der Waals surface area contributed by atoms with Crippen LogP contribution < -0.4 is 10.1 Å². The summed E-state index contributed by atoms with van der Waals surface area (Å²) >= 11 is 0. The molecule has 0 bridgehead atoms. The molecular formula is C25H33NO2. The molecule has 28 heavy (non-hydrogen) atoms. The second kappa shape index (κ2) is 6.79. The summed E-state index contributed by atoms with van der Waals surface area (Å²) in [6.45, 7) is 11.8. The standard InChI is InChI=1S/C25H33NO2/c1-16-10-13-21-24(2,3)14-7-15-25(21,4)19(16)12-11-18-17-8-6-9-20(28-5)22(17)26-23(18)27/h6,8-9,11,19,21H,1,7,10,12-15H2,2-5H3,(H,26,27)/b18-11-/t19-,21-,25+/m0/s1. The number of allylic oxidation sites excluding steroid dienone is 2. The highest BCUT2D eigenvalue weighted by atomic mass is 16.5. The minimum atomic E-state index is -0.0217. The fourth-order valence-corrected chi connectivity index (χ4v) is 6.51. The van der Waals surface area contributed by atoms with E-state index in [1.54, 1.807) is 7.11 Å². The maximum absolute atomic E-state index is 12.7. The predicted molar refractivity (Wildman–Crippen MR) is 115 cm³/mol. The minimum Gasteiger partial charge on any atom is -0.495 e. The van der Waals surface area contributed by atoms with Crippen molar-refractivity contribution >= 4 is 17.2 Å². The van der Waals surface area contributed by atoms with E-state index in [0.717, 1.165) is 41.3 Å². The Balaban J connectivity index is 1.66. The van der Waals surface area contributed by atoms with E-state index in [2.05, 4.69) is 38.7 Å². The van der Waals surface area contributed by atoms with Crippen LogP contribution in [0.15, 0.2) is 36.4 Å². The summed E-state index contributed by atoms with van der Waals surface area (Å²) in [5.41, 5.74) is 4.58. The van der Waals surface area contributed by atoms with Gasteiger partial charge in [0.05, 0.1) is 12.8 Å². The molecule has 4 rings (SSSR count). The third kappa shape index (κ3) is 2.91. The van der Waals surface area contributed by atoms with Crippen molar-refractivity contribution in [1.29, 1.82) is 0 Å². The molecule has 0 spiro atoms. The number of hydrogen-bond donors (Lipinski definition) is 1. The summed E-state index contributed by atoms with van der Waals surface area (Å²) < 4.78 is 5.42. The molecule has 1 amide bonds. The SMILES string of the molecule is C=C1CC[C@H]2C(C)(C)CCC[C@]2(C)[C@H]1C/C=C1\C(=O)Nc2c(OC)cccc21. The average Bonchev–Trinajstić information content (AvgIpc) is 2.95. The van der Waals surface area contributed by atoms with Crippen LogP contribution in [0.1, 0.15) is 64.9 Å². The van der Waals surface area contributed by atoms with E-state index in [0.29, 0.717) is 11.3 Å². The highest BCUT2D eigenvalue weighted by Gasteiger charge is 2.52. The lowest BCUT2D eigenvalue weighted by Crippen LogP contribution is -2.49. The zero-order valence-corrected chi connectivity index (χ0v) is 17.7. The van der Waals surface area contributed by atoms with Gasteiger partial charge in [0.1, 0.15) is 5.75 Å². The van der Waals surface area contributed by atoms with Crippen LogP contribution in [-0.4, -0.2) is 13.0 Å². The number of methoxy groups -OCH3 is 1. The van der Waals surface area contributed by atoms with E-state index in [-0.39, 0.29) is 11.3 Å². The zero-order chi connectivity index (χ0) is 20.1. The Morgan fingerprint density at radius 2 is 2.07 bits per heavy atom. The summed E-state index contributed by atoms with van der Waals surface area (Å²) in [6, 6.07) is 5.85. The van der Waals surface area contributed by atoms with Crippen molar-refractivity contribution in [2.24, 2.45) is 22.7 Å². The third-order valence-corrected chi connectivity index (χ3v) is 7.90. The van der Waals surface area contributed by atoms with Crippen LogP contribution in [0.25, 0.3) is 5.57 Å². The van der Waals surface area contributed by atoms with Crippen LogP contribution in [0.4, 0.5) is 5.69 Å². The second-order valence-corrected chi connectivity index (χ2v) is 9.84. The number of para-hydroxylation sites is 1. The first-order valence-electron chi connectivity index (χ1n) is 10.6. The van der Waals surface area contributed by atoms with Gasteiger partial charge in [0, 0.05) is 11.1 Å². The smallest absolute Gasteiger partial charge is 0.256 e. The number of amides is 1. The number of ether oxygens (including phenoxy) is 1. The highest BCUT2D eigenvalue weighted by Crippen LogP contribution is 2.61. The van der Waals surface area contributed by atoms with Gasteiger partial charge in [0.25, 0.3) is 5.91 Å². The zero-order valence-electron chi connectivity index (χ0n) is 17.7. The Labute approximate surface area is 169 Å². The minimum absolute atomic E-state index is 0.0217. The molecule has 3 atom stereocenters. The number of carbonyl (C=O) groups excluding carboxylic acids is 1. The van der Waals surface area contributed by atoms with Gasteiger partial charge in [0.2, 0.25) is 0 Å². The molecule has 1 aliphatic heterocycles. The quantitative estimate of drug-likeness (QED) is 0.500. The maximum Gasteiger partial charge on any atom is 0.256 e. The van der Waals surface area contributed by atoms with Crippen molar-refractivity contribution in [3.8, 4) is 5.75 Å². The van der Waals surface area contributed by atoms with Crippen LogP contribution in [0.3, 0.4) is 0 Å². The Kier molecular flexibility index (Phi) is 4.68. The van der Waals surface area contributed by atoms with Gasteiger partial charge in [0.15, 0.2) is 0 Å². The van der Waals surface area contributed by atoms with Gasteiger partial charge < -0.3 is 10.1 Å². The fraction of sp³-hybridized carbons (Fsp3) is 0.560. The van der Waals surface area contributed by atoms with E-state index in [9.17, 15) is 4.79 Å². The van der Waals surface area contributed by atoms with Crippen molar-refractivity contribution in [3.63, 3.8) is 0 Å². The molecular weight excluding hydrogens is 346 g/mol. The van der Waals surface area contributed by atoms with Gasteiger partial charge in [-0.25, -0.2) is 0 Å². The molecule has 150 valence electrons. The van der Waals surface area contributed by atoms with Crippen molar-refractivity contribution in [1.82, 2.24) is 0 Å². The first-order chi connectivity index (χ1) is 13.3. The lowest BCUT2D eigenvalue weighted by molar-refractivity contribution is -0.110. The van der Waals surface area contributed by atoms with E-state index >= 15 is 0 Å². The first-order valence-corrected chi connectivity index (χ1v) is 10.6. The Bertz CT molecular complexity index is 850. The Morgan fingerprint density at radius 1 is 1.29 bits per heavy atom. The van der Waals surface area contributed by atoms with Gasteiger partial charge in [-0.1, -0.05) is 57.6 Å². The molecule has 1 aromatic carbocycles. The molecule has 0 saturated heterocycles. The molecule has 3 nitrogen and oxygen atoms in total. The van der Waals surface area contributed by atoms with Gasteiger partial charge in [-0.3, -0.25) is 4.79 Å². The number of fused-ring (bicyclic) bond motifs is 2. The number of hydrogen-bond acceptors (Lipinski definition) is 2. The summed E-state index contributed by atoms with van der Waals surface area (Å²) in [5.74, 6) is 1.87. The summed E-state index contributed by atoms with van der Waals surface area (Å²) in [4.78, 5) is 12.7. The van der Waals surface area contributed by atoms with Gasteiger partial charge in [-0.2, -0.15) is 0 Å². The molecule has 2 saturated carbocycles. The number of anilines is 1. The first kappa shape index (κ1) is 19.3. The second-order valence-electron chi connectivity index (χ2n) is 9.84. The molecule has 3 aliphatic rings. The van der Waals surface area contributed by atoms with Crippen molar-refractivity contribution < 1.29 is 9.53 Å². The third-order valence-electron chi connectivity index (χ3n) is 7.90. The van der Waals surface area contributed by atoms with Gasteiger partial charge in [-0.05, 0) is 60.8 Å². The van der Waals surface area contributed by atoms with Crippen LogP contribution in [0, 0.1) is 22.7 Å². The van der Waals surface area contributed by atoms with Crippen molar-refractivity contribution in [2.75, 3.05) is 12.4 Å².